The van der Waals surface area contributed by atoms with Gasteiger partial charge in [-0.1, -0.05) is 27.7 Å². The number of amides is 1. The van der Waals surface area contributed by atoms with Gasteiger partial charge in [-0.05, 0) is 37.2 Å². The lowest BCUT2D eigenvalue weighted by Crippen LogP contribution is -2.66. The number of carbonyl (C=O) groups excluding carboxylic acids is 2. The molecule has 36 heavy (non-hydrogen) atoms. The molecule has 11 heteroatoms. The van der Waals surface area contributed by atoms with E-state index in [1.807, 2.05) is 13.8 Å². The molecule has 4 heterocycles. The zero-order chi connectivity index (χ0) is 26.4. The summed E-state index contributed by atoms with van der Waals surface area (Å²) in [4.78, 5) is 39.2. The van der Waals surface area contributed by atoms with Crippen LogP contribution < -0.4 is 5.32 Å². The third-order valence-corrected chi connectivity index (χ3v) is 13.2. The number of β-lactam (4-membered cyclic amide) rings is 1. The third-order valence-electron chi connectivity index (χ3n) is 7.46. The quantitative estimate of drug-likeness (QED) is 0.118. The maximum atomic E-state index is 13.5. The lowest BCUT2D eigenvalue weighted by molar-refractivity contribution is -0.141. The number of aromatic nitrogens is 3. The monoisotopic (exact) mass is 524 g/mol. The minimum absolute atomic E-state index is 0.0233. The second-order valence-corrected chi connectivity index (χ2v) is 16.7. The van der Waals surface area contributed by atoms with Crippen molar-refractivity contribution in [2.75, 3.05) is 0 Å². The molecule has 3 aromatic heterocycles. The van der Waals surface area contributed by atoms with Crippen LogP contribution in [-0.4, -0.2) is 57.0 Å². The Morgan fingerprint density at radius 3 is 2.64 bits per heavy atom. The van der Waals surface area contributed by atoms with Crippen LogP contribution in [0.25, 0.3) is 10.4 Å². The minimum Gasteiger partial charge on any atom is -0.413 e. The Balaban J connectivity index is 1.55. The summed E-state index contributed by atoms with van der Waals surface area (Å²) in [6.45, 7) is 14.6. The van der Waals surface area contributed by atoms with E-state index < -0.39 is 14.2 Å². The largest absolute Gasteiger partial charge is 0.413 e. The zero-order valence-electron chi connectivity index (χ0n) is 21.6. The van der Waals surface area contributed by atoms with Crippen molar-refractivity contribution >= 4 is 41.9 Å². The van der Waals surface area contributed by atoms with E-state index in [1.165, 1.54) is 11.3 Å². The number of imidazole rings is 1. The number of nitrogens with zero attached hydrogens (tertiary/aromatic N) is 5. The van der Waals surface area contributed by atoms with Crippen LogP contribution in [0, 0.1) is 11.8 Å². The molecule has 190 valence electrons. The zero-order valence-corrected chi connectivity index (χ0v) is 23.5. The third kappa shape index (κ3) is 4.59. The molecule has 0 bridgehead atoms. The molecule has 1 saturated heterocycles. The van der Waals surface area contributed by atoms with Gasteiger partial charge in [0.25, 0.3) is 0 Å². The van der Waals surface area contributed by atoms with Crippen molar-refractivity contribution in [2.45, 2.75) is 64.9 Å². The van der Waals surface area contributed by atoms with Gasteiger partial charge in [0, 0.05) is 24.5 Å². The lowest BCUT2D eigenvalue weighted by Gasteiger charge is -2.46. The van der Waals surface area contributed by atoms with Crippen LogP contribution in [0.1, 0.15) is 55.5 Å². The fourth-order valence-electron chi connectivity index (χ4n) is 4.28. The van der Waals surface area contributed by atoms with Crippen LogP contribution in [0.5, 0.6) is 0 Å². The summed E-state index contributed by atoms with van der Waals surface area (Å²) in [5, 5.41) is 2.96. The summed E-state index contributed by atoms with van der Waals surface area (Å²) < 4.78 is 8.24. The molecule has 0 saturated carbocycles. The molecule has 0 aromatic carbocycles. The molecule has 1 unspecified atom stereocenters. The smallest absolute Gasteiger partial charge is 0.352 e. The average Bonchev–Trinajstić information content (AvgIpc) is 3.38. The Kier molecular flexibility index (Phi) is 6.87. The summed E-state index contributed by atoms with van der Waals surface area (Å²) in [7, 11) is -2.07. The van der Waals surface area contributed by atoms with Crippen molar-refractivity contribution in [3.63, 3.8) is 0 Å². The number of carbonyl (C=O) groups is 2. The van der Waals surface area contributed by atoms with E-state index in [4.69, 9.17) is 4.43 Å². The fourth-order valence-corrected chi connectivity index (χ4v) is 6.82. The summed E-state index contributed by atoms with van der Waals surface area (Å²) in [6.07, 6.45) is 6.27. The second kappa shape index (κ2) is 9.47. The molecule has 1 aliphatic rings. The normalized spacial score (nSPS) is 19.8. The van der Waals surface area contributed by atoms with Crippen molar-refractivity contribution in [1.82, 2.24) is 19.7 Å². The van der Waals surface area contributed by atoms with E-state index >= 15 is 0 Å². The second-order valence-electron chi connectivity index (χ2n) is 10.9. The van der Waals surface area contributed by atoms with E-state index in [0.717, 1.165) is 0 Å². The number of Topliss-reactive ketones (excluding diaryl/α,β-unsaturated/α-hetero) is 1. The van der Waals surface area contributed by atoms with Crippen LogP contribution >= 0.6 is 11.3 Å². The van der Waals surface area contributed by atoms with Gasteiger partial charge >= 0.3 is 5.71 Å². The first-order chi connectivity index (χ1) is 16.9. The Morgan fingerprint density at radius 2 is 2.06 bits per heavy atom. The van der Waals surface area contributed by atoms with Gasteiger partial charge in [-0.25, -0.2) is 4.98 Å². The SMILES string of the molecule is CC(O[Si](C)(C)C(C)(C)C)[C@H]1C(=O)N[C@@H]1[C@@H](C)C(=O)c1cn2cnc(C(=[N+]=[N-])c3cccnc3)c2s1. The summed E-state index contributed by atoms with van der Waals surface area (Å²) >= 11 is 1.28. The van der Waals surface area contributed by atoms with E-state index in [9.17, 15) is 15.1 Å². The van der Waals surface area contributed by atoms with Gasteiger partial charge in [0.05, 0.1) is 28.5 Å². The Labute approximate surface area is 215 Å². The molecule has 3 aromatic rings. The van der Waals surface area contributed by atoms with Gasteiger partial charge in [0.2, 0.25) is 5.91 Å². The number of hydrogen-bond donors (Lipinski definition) is 1. The van der Waals surface area contributed by atoms with Crippen LogP contribution in [-0.2, 0) is 9.22 Å². The number of nitrogens with one attached hydrogen (secondary N) is 1. The lowest BCUT2D eigenvalue weighted by atomic mass is 9.77. The fraction of sp³-hybridized carbons (Fsp3) is 0.480. The number of fused-ring (bicyclic) bond motifs is 1. The number of thiazole rings is 1. The first kappa shape index (κ1) is 26.1. The Morgan fingerprint density at radius 1 is 1.33 bits per heavy atom. The minimum atomic E-state index is -2.07. The number of pyridine rings is 1. The average molecular weight is 525 g/mol. The predicted octanol–water partition coefficient (Wildman–Crippen LogP) is 4.20. The van der Waals surface area contributed by atoms with E-state index in [1.54, 1.807) is 41.5 Å². The topological polar surface area (TPSA) is 122 Å². The maximum Gasteiger partial charge on any atom is 0.352 e. The van der Waals surface area contributed by atoms with Crippen molar-refractivity contribution in [1.29, 1.82) is 0 Å². The van der Waals surface area contributed by atoms with Gasteiger partial charge in [0.1, 0.15) is 11.2 Å². The number of rotatable bonds is 8. The van der Waals surface area contributed by atoms with Gasteiger partial charge in [0.15, 0.2) is 19.8 Å². The van der Waals surface area contributed by atoms with Gasteiger partial charge < -0.3 is 15.3 Å². The van der Waals surface area contributed by atoms with E-state index in [-0.39, 0.29) is 40.5 Å². The molecule has 1 amide bonds. The Hall–Kier alpha value is -2.98. The van der Waals surface area contributed by atoms with Crippen molar-refractivity contribution in [2.24, 2.45) is 11.8 Å². The Bertz CT molecular complexity index is 1350. The molecule has 4 atom stereocenters. The van der Waals surface area contributed by atoms with Crippen molar-refractivity contribution in [3.05, 3.63) is 58.7 Å². The molecule has 1 aliphatic heterocycles. The van der Waals surface area contributed by atoms with E-state index in [0.29, 0.717) is 21.0 Å². The number of hydrogen-bond acceptors (Lipinski definition) is 6. The molecule has 0 radical (unpaired) electrons. The van der Waals surface area contributed by atoms with Crippen LogP contribution in [0.2, 0.25) is 18.1 Å². The maximum absolute atomic E-state index is 13.5. The highest BCUT2D eigenvalue weighted by Gasteiger charge is 2.50. The molecule has 0 spiro atoms. The molecule has 4 rings (SSSR count). The van der Waals surface area contributed by atoms with E-state index in [2.05, 4.69) is 53.9 Å². The molecule has 0 aliphatic carbocycles. The van der Waals surface area contributed by atoms with Gasteiger partial charge in [-0.2, -0.15) is 4.79 Å². The standard InChI is InChI=1S/C25H32N6O3SSi/c1-14(19-18(23(33)29-19)15(2)34-36(6,7)25(3,4)5)22(32)17-12-31-13-28-21(24(31)35-17)20(30-26)16-9-8-10-27-11-16/h8-15,18-19H,1-7H3,(H,29,33)/t14-,15?,18-,19-/m1/s1. The molecule has 9 nitrogen and oxygen atoms in total. The van der Waals surface area contributed by atoms with Crippen molar-refractivity contribution in [3.8, 4) is 0 Å². The predicted molar refractivity (Wildman–Crippen MR) is 141 cm³/mol. The van der Waals surface area contributed by atoms with Crippen molar-refractivity contribution < 1.29 is 18.8 Å². The van der Waals surface area contributed by atoms with Gasteiger partial charge in [-0.3, -0.25) is 19.0 Å². The highest BCUT2D eigenvalue weighted by Crippen LogP contribution is 2.40. The van der Waals surface area contributed by atoms with Crippen LogP contribution in [0.3, 0.4) is 0 Å². The first-order valence-electron chi connectivity index (χ1n) is 12.0. The number of ketones is 1. The highest BCUT2D eigenvalue weighted by molar-refractivity contribution is 7.19. The molecule has 1 fully saturated rings. The summed E-state index contributed by atoms with van der Waals surface area (Å²) in [5.41, 5.74) is 11.0. The summed E-state index contributed by atoms with van der Waals surface area (Å²) in [5.74, 6) is -0.938. The molecular formula is C25H32N6O3SSi. The first-order valence-corrected chi connectivity index (χ1v) is 15.7. The van der Waals surface area contributed by atoms with Crippen LogP contribution in [0.4, 0.5) is 0 Å². The molecular weight excluding hydrogens is 492 g/mol. The summed E-state index contributed by atoms with van der Waals surface area (Å²) in [6, 6.07) is 3.23. The van der Waals surface area contributed by atoms with Gasteiger partial charge in [-0.15, -0.1) is 11.3 Å². The van der Waals surface area contributed by atoms with Crippen LogP contribution in [0.15, 0.2) is 37.1 Å². The molecule has 1 N–H and O–H groups in total. The highest BCUT2D eigenvalue weighted by atomic mass is 32.1.